The molecule has 128 valence electrons. The maximum Gasteiger partial charge on any atom is 0.407 e. The summed E-state index contributed by atoms with van der Waals surface area (Å²) < 4.78 is 5.26. The molecular weight excluding hydrogens is 290 g/mol. The van der Waals surface area contributed by atoms with Crippen molar-refractivity contribution in [1.82, 2.24) is 5.32 Å². The van der Waals surface area contributed by atoms with E-state index in [0.29, 0.717) is 0 Å². The number of hydrogen-bond donors (Lipinski definition) is 2. The van der Waals surface area contributed by atoms with Crippen LogP contribution in [0.15, 0.2) is 42.5 Å². The molecule has 0 radical (unpaired) electrons. The maximum atomic E-state index is 11.9. The van der Waals surface area contributed by atoms with Crippen LogP contribution < -0.4 is 5.32 Å². The van der Waals surface area contributed by atoms with Crippen molar-refractivity contribution in [2.75, 3.05) is 0 Å². The molecule has 23 heavy (non-hydrogen) atoms. The quantitative estimate of drug-likeness (QED) is 0.786. The minimum Gasteiger partial charge on any atom is -0.444 e. The van der Waals surface area contributed by atoms with Crippen LogP contribution in [0.4, 0.5) is 4.79 Å². The second-order valence-electron chi connectivity index (χ2n) is 7.02. The van der Waals surface area contributed by atoms with Gasteiger partial charge in [-0.05, 0) is 38.7 Å². The summed E-state index contributed by atoms with van der Waals surface area (Å²) in [5.74, 6) is 0.0823. The van der Waals surface area contributed by atoms with Gasteiger partial charge in [0, 0.05) is 0 Å². The molecule has 0 spiro atoms. The van der Waals surface area contributed by atoms with E-state index in [1.54, 1.807) is 6.08 Å². The second-order valence-corrected chi connectivity index (χ2v) is 7.02. The van der Waals surface area contributed by atoms with Gasteiger partial charge in [-0.15, -0.1) is 0 Å². The fraction of sp³-hybridized carbons (Fsp3) is 0.526. The van der Waals surface area contributed by atoms with Gasteiger partial charge in [-0.3, -0.25) is 0 Å². The minimum absolute atomic E-state index is 0.0823. The van der Waals surface area contributed by atoms with Gasteiger partial charge >= 0.3 is 6.09 Å². The van der Waals surface area contributed by atoms with Gasteiger partial charge in [-0.1, -0.05) is 56.3 Å². The first-order valence-corrected chi connectivity index (χ1v) is 8.07. The Balaban J connectivity index is 2.60. The van der Waals surface area contributed by atoms with E-state index in [-0.39, 0.29) is 5.92 Å². The van der Waals surface area contributed by atoms with Gasteiger partial charge in [0.2, 0.25) is 0 Å². The summed E-state index contributed by atoms with van der Waals surface area (Å²) in [4.78, 5) is 11.9. The van der Waals surface area contributed by atoms with Crippen LogP contribution >= 0.6 is 0 Å². The van der Waals surface area contributed by atoms with Crippen LogP contribution in [0.2, 0.25) is 0 Å². The Labute approximate surface area is 139 Å². The molecule has 0 saturated heterocycles. The Morgan fingerprint density at radius 3 is 2.39 bits per heavy atom. The third-order valence-electron chi connectivity index (χ3n) is 3.30. The van der Waals surface area contributed by atoms with Crippen molar-refractivity contribution in [2.24, 2.45) is 5.92 Å². The lowest BCUT2D eigenvalue weighted by molar-refractivity contribution is 0.0423. The number of ether oxygens (including phenoxy) is 1. The molecule has 1 amide bonds. The second kappa shape index (κ2) is 8.73. The highest BCUT2D eigenvalue weighted by Crippen LogP contribution is 2.12. The zero-order valence-corrected chi connectivity index (χ0v) is 14.7. The summed E-state index contributed by atoms with van der Waals surface area (Å²) in [6.45, 7) is 9.35. The Morgan fingerprint density at radius 2 is 1.87 bits per heavy atom. The van der Waals surface area contributed by atoms with Crippen molar-refractivity contribution < 1.29 is 14.6 Å². The smallest absolute Gasteiger partial charge is 0.407 e. The molecule has 0 aliphatic rings. The van der Waals surface area contributed by atoms with Gasteiger partial charge in [-0.25, -0.2) is 4.79 Å². The lowest BCUT2D eigenvalue weighted by Crippen LogP contribution is -2.47. The number of allylic oxidation sites excluding steroid dienone is 1. The van der Waals surface area contributed by atoms with Crippen LogP contribution in [0, 0.1) is 5.92 Å². The highest BCUT2D eigenvalue weighted by molar-refractivity contribution is 5.68. The molecule has 0 aliphatic heterocycles. The molecule has 1 aromatic carbocycles. The predicted molar refractivity (Wildman–Crippen MR) is 93.3 cm³/mol. The Hall–Kier alpha value is -1.81. The van der Waals surface area contributed by atoms with Crippen LogP contribution in [0.3, 0.4) is 0 Å². The van der Waals surface area contributed by atoms with Crippen LogP contribution in [0.5, 0.6) is 0 Å². The summed E-state index contributed by atoms with van der Waals surface area (Å²) in [6, 6.07) is 9.63. The van der Waals surface area contributed by atoms with E-state index in [0.717, 1.165) is 6.42 Å². The number of benzene rings is 1. The van der Waals surface area contributed by atoms with Crippen molar-refractivity contribution >= 4 is 6.09 Å². The number of alkyl carbamates (subject to hydrolysis) is 1. The molecular formula is C19H29NO3. The molecule has 0 saturated carbocycles. The summed E-state index contributed by atoms with van der Waals surface area (Å²) >= 11 is 0. The van der Waals surface area contributed by atoms with Gasteiger partial charge in [-0.2, -0.15) is 0 Å². The standard InChI is InChI=1S/C19H29NO3/c1-14(2)17(20-18(22)23-19(3,4)5)16(21)13-9-12-15-10-7-6-8-11-15/h6-11,13-14,16-17,21H,12H2,1-5H3,(H,20,22)/b13-9+/t16-,17+/m1/s1. The Bertz CT molecular complexity index is 503. The zero-order valence-electron chi connectivity index (χ0n) is 14.7. The van der Waals surface area contributed by atoms with Gasteiger partial charge in [0.15, 0.2) is 0 Å². The van der Waals surface area contributed by atoms with E-state index < -0.39 is 23.8 Å². The fourth-order valence-corrected chi connectivity index (χ4v) is 2.17. The van der Waals surface area contributed by atoms with Crippen LogP contribution in [-0.4, -0.2) is 28.9 Å². The SMILES string of the molecule is CC(C)[C@H](NC(=O)OC(C)(C)C)[C@H](O)/C=C/Cc1ccccc1. The van der Waals surface area contributed by atoms with E-state index in [1.165, 1.54) is 5.56 Å². The highest BCUT2D eigenvalue weighted by Gasteiger charge is 2.25. The van der Waals surface area contributed by atoms with Gasteiger partial charge in [0.05, 0.1) is 12.1 Å². The Morgan fingerprint density at radius 1 is 1.26 bits per heavy atom. The van der Waals surface area contributed by atoms with Crippen molar-refractivity contribution in [3.05, 3.63) is 48.0 Å². The van der Waals surface area contributed by atoms with E-state index >= 15 is 0 Å². The Kier molecular flexibility index (Phi) is 7.30. The first-order valence-electron chi connectivity index (χ1n) is 8.07. The first kappa shape index (κ1) is 19.2. The lowest BCUT2D eigenvalue weighted by atomic mass is 9.98. The predicted octanol–water partition coefficient (Wildman–Crippen LogP) is 3.70. The average molecular weight is 319 g/mol. The maximum absolute atomic E-state index is 11.9. The normalized spacial score (nSPS) is 14.7. The topological polar surface area (TPSA) is 58.6 Å². The van der Waals surface area contributed by atoms with Crippen molar-refractivity contribution in [3.8, 4) is 0 Å². The number of amides is 1. The molecule has 0 aromatic heterocycles. The monoisotopic (exact) mass is 319 g/mol. The summed E-state index contributed by atoms with van der Waals surface area (Å²) in [5.41, 5.74) is 0.622. The lowest BCUT2D eigenvalue weighted by Gasteiger charge is -2.27. The van der Waals surface area contributed by atoms with Crippen molar-refractivity contribution in [3.63, 3.8) is 0 Å². The molecule has 0 bridgehead atoms. The first-order chi connectivity index (χ1) is 10.7. The summed E-state index contributed by atoms with van der Waals surface area (Å²) in [5, 5.41) is 13.1. The number of aliphatic hydroxyl groups excluding tert-OH is 1. The molecule has 4 nitrogen and oxygen atoms in total. The zero-order chi connectivity index (χ0) is 17.5. The fourth-order valence-electron chi connectivity index (χ4n) is 2.17. The molecule has 0 aliphatic carbocycles. The number of aliphatic hydroxyl groups is 1. The van der Waals surface area contributed by atoms with Gasteiger partial charge in [0.1, 0.15) is 5.60 Å². The molecule has 0 fully saturated rings. The number of hydrogen-bond acceptors (Lipinski definition) is 3. The summed E-state index contributed by atoms with van der Waals surface area (Å²) in [6.07, 6.45) is 3.13. The van der Waals surface area contributed by atoms with E-state index in [9.17, 15) is 9.90 Å². The molecule has 2 atom stereocenters. The van der Waals surface area contributed by atoms with Crippen LogP contribution in [0.1, 0.15) is 40.2 Å². The number of carbonyl (C=O) groups excluding carboxylic acids is 1. The summed E-state index contributed by atoms with van der Waals surface area (Å²) in [7, 11) is 0. The molecule has 2 N–H and O–H groups in total. The van der Waals surface area contributed by atoms with Crippen molar-refractivity contribution in [1.29, 1.82) is 0 Å². The van der Waals surface area contributed by atoms with Crippen LogP contribution in [-0.2, 0) is 11.2 Å². The van der Waals surface area contributed by atoms with Gasteiger partial charge in [0.25, 0.3) is 0 Å². The highest BCUT2D eigenvalue weighted by atomic mass is 16.6. The average Bonchev–Trinajstić information content (AvgIpc) is 2.43. The third kappa shape index (κ3) is 7.84. The number of rotatable bonds is 6. The van der Waals surface area contributed by atoms with Gasteiger partial charge < -0.3 is 15.2 Å². The largest absolute Gasteiger partial charge is 0.444 e. The van der Waals surface area contributed by atoms with E-state index in [2.05, 4.69) is 5.32 Å². The molecule has 1 aromatic rings. The minimum atomic E-state index is -0.758. The number of carbonyl (C=O) groups is 1. The molecule has 0 unspecified atom stereocenters. The van der Waals surface area contributed by atoms with Crippen LogP contribution in [0.25, 0.3) is 0 Å². The molecule has 0 heterocycles. The molecule has 1 rings (SSSR count). The van der Waals surface area contributed by atoms with E-state index in [4.69, 9.17) is 4.74 Å². The van der Waals surface area contributed by atoms with Crippen molar-refractivity contribution in [2.45, 2.75) is 58.8 Å². The molecule has 4 heteroatoms. The number of nitrogens with one attached hydrogen (secondary N) is 1. The third-order valence-corrected chi connectivity index (χ3v) is 3.30. The van der Waals surface area contributed by atoms with E-state index in [1.807, 2.05) is 71.0 Å².